The third-order valence-corrected chi connectivity index (χ3v) is 5.04. The van der Waals surface area contributed by atoms with Gasteiger partial charge < -0.3 is 5.32 Å². The van der Waals surface area contributed by atoms with Gasteiger partial charge >= 0.3 is 0 Å². The molecule has 0 heterocycles. The van der Waals surface area contributed by atoms with E-state index in [2.05, 4.69) is 37.4 Å². The van der Waals surface area contributed by atoms with Gasteiger partial charge in [0.15, 0.2) is 0 Å². The largest absolute Gasteiger partial charge is 0.312 e. The molecule has 0 aromatic heterocycles. The summed E-state index contributed by atoms with van der Waals surface area (Å²) in [4.78, 5) is 0. The van der Waals surface area contributed by atoms with Crippen LogP contribution in [0.2, 0.25) is 0 Å². The van der Waals surface area contributed by atoms with Crippen molar-refractivity contribution in [3.8, 4) is 0 Å². The third-order valence-electron chi connectivity index (χ3n) is 3.68. The predicted octanol–water partition coefficient (Wildman–Crippen LogP) is 3.51. The molecule has 0 bridgehead atoms. The van der Waals surface area contributed by atoms with Gasteiger partial charge in [0.05, 0.1) is 0 Å². The number of aryl methyl sites for hydroxylation is 2. The molecular formula is C18H23NOS. The highest BCUT2D eigenvalue weighted by Gasteiger charge is 2.15. The molecule has 0 aliphatic heterocycles. The van der Waals surface area contributed by atoms with Crippen LogP contribution in [0.5, 0.6) is 0 Å². The van der Waals surface area contributed by atoms with Crippen LogP contribution in [-0.4, -0.2) is 17.0 Å². The van der Waals surface area contributed by atoms with Crippen LogP contribution < -0.4 is 5.32 Å². The predicted molar refractivity (Wildman–Crippen MR) is 90.9 cm³/mol. The Morgan fingerprint density at radius 2 is 1.81 bits per heavy atom. The number of nitrogens with one attached hydrogen (secondary N) is 1. The van der Waals surface area contributed by atoms with Crippen molar-refractivity contribution in [2.24, 2.45) is 0 Å². The average molecular weight is 301 g/mol. The first-order chi connectivity index (χ1) is 10.1. The molecule has 2 nitrogen and oxygen atoms in total. The Bertz CT molecular complexity index is 610. The van der Waals surface area contributed by atoms with Gasteiger partial charge in [-0.3, -0.25) is 4.21 Å². The van der Waals surface area contributed by atoms with Crippen molar-refractivity contribution in [3.05, 3.63) is 70.8 Å². The molecule has 2 aromatic carbocycles. The summed E-state index contributed by atoms with van der Waals surface area (Å²) in [6.45, 7) is 4.20. The van der Waals surface area contributed by atoms with Crippen molar-refractivity contribution >= 4 is 10.8 Å². The van der Waals surface area contributed by atoms with Gasteiger partial charge in [0.25, 0.3) is 0 Å². The number of hydrogen-bond acceptors (Lipinski definition) is 2. The summed E-state index contributed by atoms with van der Waals surface area (Å²) in [5.41, 5.74) is 4.87. The van der Waals surface area contributed by atoms with E-state index in [9.17, 15) is 4.21 Å². The monoisotopic (exact) mass is 301 g/mol. The topological polar surface area (TPSA) is 29.1 Å². The zero-order chi connectivity index (χ0) is 15.2. The second kappa shape index (κ2) is 7.53. The summed E-state index contributed by atoms with van der Waals surface area (Å²) in [7, 11) is 1.06. The Kier molecular flexibility index (Phi) is 5.71. The first-order valence-electron chi connectivity index (χ1n) is 7.23. The van der Waals surface area contributed by atoms with Crippen molar-refractivity contribution in [2.75, 3.05) is 12.8 Å². The minimum atomic E-state index is -0.879. The second-order valence-electron chi connectivity index (χ2n) is 5.44. The van der Waals surface area contributed by atoms with Crippen LogP contribution in [0, 0.1) is 13.8 Å². The fourth-order valence-corrected chi connectivity index (χ4v) is 3.87. The Hall–Kier alpha value is -1.45. The maximum absolute atomic E-state index is 12.4. The SMILES string of the molecule is CNC(CS(=O)Cc1ccccc1)c1cc(C)ccc1C. The lowest BCUT2D eigenvalue weighted by Crippen LogP contribution is -2.24. The van der Waals surface area contributed by atoms with Crippen LogP contribution in [0.3, 0.4) is 0 Å². The Labute approximate surface area is 130 Å². The number of hydrogen-bond donors (Lipinski definition) is 1. The van der Waals surface area contributed by atoms with Crippen LogP contribution in [-0.2, 0) is 16.6 Å². The Morgan fingerprint density at radius 3 is 2.48 bits per heavy atom. The first kappa shape index (κ1) is 15.9. The van der Waals surface area contributed by atoms with Crippen molar-refractivity contribution in [3.63, 3.8) is 0 Å². The molecule has 0 radical (unpaired) electrons. The van der Waals surface area contributed by atoms with Crippen LogP contribution >= 0.6 is 0 Å². The summed E-state index contributed by atoms with van der Waals surface area (Å²) in [5, 5.41) is 3.31. The van der Waals surface area contributed by atoms with E-state index in [4.69, 9.17) is 0 Å². The van der Waals surface area contributed by atoms with Crippen molar-refractivity contribution in [2.45, 2.75) is 25.6 Å². The van der Waals surface area contributed by atoms with Crippen molar-refractivity contribution in [1.82, 2.24) is 5.32 Å². The molecule has 1 N–H and O–H groups in total. The fourth-order valence-electron chi connectivity index (χ4n) is 2.47. The highest BCUT2D eigenvalue weighted by molar-refractivity contribution is 7.84. The molecule has 112 valence electrons. The zero-order valence-electron chi connectivity index (χ0n) is 12.9. The maximum atomic E-state index is 12.4. The molecule has 0 saturated heterocycles. The van der Waals surface area contributed by atoms with E-state index in [0.29, 0.717) is 11.5 Å². The van der Waals surface area contributed by atoms with Gasteiger partial charge in [-0.05, 0) is 37.6 Å². The molecule has 2 rings (SSSR count). The molecule has 21 heavy (non-hydrogen) atoms. The van der Waals surface area contributed by atoms with E-state index in [1.807, 2.05) is 37.4 Å². The summed E-state index contributed by atoms with van der Waals surface area (Å²) in [6, 6.07) is 16.6. The number of benzene rings is 2. The fraction of sp³-hybridized carbons (Fsp3) is 0.333. The molecule has 0 amide bonds. The standard InChI is InChI=1S/C18H23NOS/c1-14-9-10-15(2)17(11-14)18(19-3)13-21(20)12-16-7-5-4-6-8-16/h4-11,18-19H,12-13H2,1-3H3. The molecule has 0 spiro atoms. The lowest BCUT2D eigenvalue weighted by molar-refractivity contribution is 0.632. The molecule has 0 fully saturated rings. The average Bonchev–Trinajstić information content (AvgIpc) is 2.48. The van der Waals surface area contributed by atoms with E-state index in [-0.39, 0.29) is 6.04 Å². The van der Waals surface area contributed by atoms with E-state index in [1.54, 1.807) is 0 Å². The number of rotatable bonds is 6. The highest BCUT2D eigenvalue weighted by Crippen LogP contribution is 2.20. The Balaban J connectivity index is 2.08. The van der Waals surface area contributed by atoms with E-state index >= 15 is 0 Å². The smallest absolute Gasteiger partial charge is 0.0486 e. The molecule has 0 saturated carbocycles. The lowest BCUT2D eigenvalue weighted by atomic mass is 10.0. The minimum Gasteiger partial charge on any atom is -0.312 e. The molecule has 3 heteroatoms. The van der Waals surface area contributed by atoms with E-state index in [0.717, 1.165) is 5.56 Å². The first-order valence-corrected chi connectivity index (χ1v) is 8.72. The van der Waals surface area contributed by atoms with Gasteiger partial charge in [-0.15, -0.1) is 0 Å². The normalized spacial score (nSPS) is 13.9. The van der Waals surface area contributed by atoms with Crippen LogP contribution in [0.25, 0.3) is 0 Å². The van der Waals surface area contributed by atoms with Crippen LogP contribution in [0.15, 0.2) is 48.5 Å². The van der Waals surface area contributed by atoms with Crippen molar-refractivity contribution in [1.29, 1.82) is 0 Å². The van der Waals surface area contributed by atoms with Gasteiger partial charge in [0.2, 0.25) is 0 Å². The molecule has 2 atom stereocenters. The third kappa shape index (κ3) is 4.51. The molecule has 2 aromatic rings. The van der Waals surface area contributed by atoms with Gasteiger partial charge in [-0.25, -0.2) is 0 Å². The molecule has 0 aliphatic rings. The Morgan fingerprint density at radius 1 is 1.10 bits per heavy atom. The summed E-state index contributed by atoms with van der Waals surface area (Å²) < 4.78 is 12.4. The van der Waals surface area contributed by atoms with Gasteiger partial charge in [0.1, 0.15) is 0 Å². The summed E-state index contributed by atoms with van der Waals surface area (Å²) >= 11 is 0. The summed E-state index contributed by atoms with van der Waals surface area (Å²) in [6.07, 6.45) is 0. The molecule has 0 aliphatic carbocycles. The lowest BCUT2D eigenvalue weighted by Gasteiger charge is -2.19. The second-order valence-corrected chi connectivity index (χ2v) is 6.94. The molecule has 2 unspecified atom stereocenters. The molecular weight excluding hydrogens is 278 g/mol. The quantitative estimate of drug-likeness (QED) is 0.884. The highest BCUT2D eigenvalue weighted by atomic mass is 32.2. The van der Waals surface area contributed by atoms with Gasteiger partial charge in [-0.2, -0.15) is 0 Å². The van der Waals surface area contributed by atoms with Gasteiger partial charge in [0, 0.05) is 28.3 Å². The van der Waals surface area contributed by atoms with Crippen LogP contribution in [0.4, 0.5) is 0 Å². The maximum Gasteiger partial charge on any atom is 0.0486 e. The van der Waals surface area contributed by atoms with Crippen molar-refractivity contribution < 1.29 is 4.21 Å². The zero-order valence-corrected chi connectivity index (χ0v) is 13.7. The van der Waals surface area contributed by atoms with E-state index < -0.39 is 10.8 Å². The van der Waals surface area contributed by atoms with Gasteiger partial charge in [-0.1, -0.05) is 54.1 Å². The minimum absolute atomic E-state index is 0.134. The summed E-state index contributed by atoms with van der Waals surface area (Å²) in [5.74, 6) is 1.25. The van der Waals surface area contributed by atoms with E-state index in [1.165, 1.54) is 16.7 Å². The van der Waals surface area contributed by atoms with Crippen LogP contribution in [0.1, 0.15) is 28.3 Å².